The lowest BCUT2D eigenvalue weighted by Gasteiger charge is -2.14. The van der Waals surface area contributed by atoms with Gasteiger partial charge in [-0.2, -0.15) is 0 Å². The van der Waals surface area contributed by atoms with Crippen molar-refractivity contribution >= 4 is 27.5 Å². The summed E-state index contributed by atoms with van der Waals surface area (Å²) >= 11 is 1.65. The van der Waals surface area contributed by atoms with Gasteiger partial charge in [0.2, 0.25) is 0 Å². The van der Waals surface area contributed by atoms with E-state index < -0.39 is 0 Å². The number of carbonyl (C=O) groups excluding carboxylic acids is 1. The van der Waals surface area contributed by atoms with Gasteiger partial charge in [-0.1, -0.05) is 12.1 Å². The van der Waals surface area contributed by atoms with Crippen molar-refractivity contribution in [2.75, 3.05) is 20.3 Å². The van der Waals surface area contributed by atoms with E-state index in [0.717, 1.165) is 41.0 Å². The van der Waals surface area contributed by atoms with Gasteiger partial charge in [0.05, 0.1) is 23.4 Å². The molecule has 1 fully saturated rings. The van der Waals surface area contributed by atoms with Crippen molar-refractivity contribution in [3.05, 3.63) is 53.0 Å². The zero-order valence-corrected chi connectivity index (χ0v) is 15.6. The molecule has 0 spiro atoms. The average Bonchev–Trinajstić information content (AvgIpc) is 3.39. The molecule has 4 rings (SSSR count). The molecule has 3 aromatic rings. The van der Waals surface area contributed by atoms with Gasteiger partial charge in [-0.05, 0) is 48.1 Å². The number of nitrogens with zero attached hydrogens (tertiary/aromatic N) is 1. The zero-order chi connectivity index (χ0) is 17.9. The molecule has 2 aromatic heterocycles. The molecule has 136 valence electrons. The molecule has 0 saturated carbocycles. The summed E-state index contributed by atoms with van der Waals surface area (Å²) in [5, 5.41) is 5.09. The number of benzene rings is 1. The Morgan fingerprint density at radius 1 is 1.38 bits per heavy atom. The molecule has 0 unspecified atom stereocenters. The topological polar surface area (TPSA) is 52.5 Å². The van der Waals surface area contributed by atoms with Crippen LogP contribution >= 0.6 is 11.3 Å². The highest BCUT2D eigenvalue weighted by atomic mass is 32.1. The van der Waals surface area contributed by atoms with Gasteiger partial charge < -0.3 is 19.4 Å². The molecule has 1 saturated heterocycles. The number of thiophene rings is 1. The smallest absolute Gasteiger partial charge is 0.268 e. The van der Waals surface area contributed by atoms with Gasteiger partial charge >= 0.3 is 0 Å². The highest BCUT2D eigenvalue weighted by molar-refractivity contribution is 7.17. The van der Waals surface area contributed by atoms with E-state index in [1.807, 2.05) is 24.3 Å². The molecule has 0 bridgehead atoms. The van der Waals surface area contributed by atoms with Crippen LogP contribution < -0.4 is 10.1 Å². The van der Waals surface area contributed by atoms with Crippen molar-refractivity contribution < 1.29 is 14.3 Å². The van der Waals surface area contributed by atoms with Crippen molar-refractivity contribution in [2.24, 2.45) is 0 Å². The van der Waals surface area contributed by atoms with E-state index in [1.165, 1.54) is 0 Å². The lowest BCUT2D eigenvalue weighted by Crippen LogP contribution is -2.33. The maximum Gasteiger partial charge on any atom is 0.268 e. The second kappa shape index (κ2) is 7.51. The third-order valence-electron chi connectivity index (χ3n) is 4.74. The average molecular weight is 370 g/mol. The molecular formula is C20H22N2O3S. The van der Waals surface area contributed by atoms with Crippen LogP contribution in [0.3, 0.4) is 0 Å². The summed E-state index contributed by atoms with van der Waals surface area (Å²) in [6.45, 7) is 1.99. The van der Waals surface area contributed by atoms with Gasteiger partial charge in [-0.25, -0.2) is 0 Å². The third kappa shape index (κ3) is 3.48. The monoisotopic (exact) mass is 370 g/mol. The Balaban J connectivity index is 1.59. The quantitative estimate of drug-likeness (QED) is 0.720. The van der Waals surface area contributed by atoms with Crippen LogP contribution in [0.5, 0.6) is 5.75 Å². The van der Waals surface area contributed by atoms with E-state index in [-0.39, 0.29) is 12.0 Å². The van der Waals surface area contributed by atoms with Gasteiger partial charge in [0.1, 0.15) is 11.4 Å². The van der Waals surface area contributed by atoms with Crippen LogP contribution in [0.4, 0.5) is 0 Å². The maximum absolute atomic E-state index is 12.8. The predicted octanol–water partition coefficient (Wildman–Crippen LogP) is 3.67. The van der Waals surface area contributed by atoms with Gasteiger partial charge in [0.15, 0.2) is 0 Å². The lowest BCUT2D eigenvalue weighted by atomic mass is 10.2. The molecule has 1 aromatic carbocycles. The molecule has 26 heavy (non-hydrogen) atoms. The SMILES string of the molecule is COc1cccc(Cn2c(C(=O)NC[C@H]3CCCO3)cc3sccc32)c1. The first-order valence-corrected chi connectivity index (χ1v) is 9.72. The summed E-state index contributed by atoms with van der Waals surface area (Å²) in [6, 6.07) is 12.0. The first-order chi connectivity index (χ1) is 12.7. The number of ether oxygens (including phenoxy) is 2. The van der Waals surface area contributed by atoms with Crippen molar-refractivity contribution in [3.8, 4) is 5.75 Å². The fourth-order valence-corrected chi connectivity index (χ4v) is 4.21. The van der Waals surface area contributed by atoms with Crippen LogP contribution in [0.25, 0.3) is 10.2 Å². The van der Waals surface area contributed by atoms with E-state index in [9.17, 15) is 4.79 Å². The minimum Gasteiger partial charge on any atom is -0.497 e. The van der Waals surface area contributed by atoms with Gasteiger partial charge in [-0.3, -0.25) is 4.79 Å². The number of hydrogen-bond donors (Lipinski definition) is 1. The number of nitrogens with one attached hydrogen (secondary N) is 1. The minimum atomic E-state index is -0.0493. The van der Waals surface area contributed by atoms with Crippen LogP contribution in [0.15, 0.2) is 41.8 Å². The summed E-state index contributed by atoms with van der Waals surface area (Å²) < 4.78 is 14.1. The van der Waals surface area contributed by atoms with Crippen LogP contribution in [0.2, 0.25) is 0 Å². The van der Waals surface area contributed by atoms with Crippen LogP contribution in [0, 0.1) is 0 Å². The molecule has 6 heteroatoms. The maximum atomic E-state index is 12.8. The normalized spacial score (nSPS) is 16.9. The number of methoxy groups -OCH3 is 1. The Morgan fingerprint density at radius 2 is 2.31 bits per heavy atom. The molecular weight excluding hydrogens is 348 g/mol. The molecule has 1 aliphatic heterocycles. The van der Waals surface area contributed by atoms with Gasteiger partial charge in [0, 0.05) is 19.7 Å². The summed E-state index contributed by atoms with van der Waals surface area (Å²) in [6.07, 6.45) is 2.23. The number of carbonyl (C=O) groups is 1. The fourth-order valence-electron chi connectivity index (χ4n) is 3.39. The number of rotatable bonds is 6. The van der Waals surface area contributed by atoms with Crippen molar-refractivity contribution in [3.63, 3.8) is 0 Å². The highest BCUT2D eigenvalue weighted by Gasteiger charge is 2.20. The third-order valence-corrected chi connectivity index (χ3v) is 5.60. The van der Waals surface area contributed by atoms with Gasteiger partial charge in [-0.15, -0.1) is 11.3 Å². The summed E-state index contributed by atoms with van der Waals surface area (Å²) in [7, 11) is 1.66. The van der Waals surface area contributed by atoms with E-state index in [2.05, 4.69) is 27.4 Å². The molecule has 1 atom stereocenters. The summed E-state index contributed by atoms with van der Waals surface area (Å²) in [5.74, 6) is 0.771. The predicted molar refractivity (Wildman–Crippen MR) is 103 cm³/mol. The van der Waals surface area contributed by atoms with Crippen molar-refractivity contribution in [1.29, 1.82) is 0 Å². The molecule has 1 aliphatic rings. The van der Waals surface area contributed by atoms with Gasteiger partial charge in [0.25, 0.3) is 5.91 Å². The fraction of sp³-hybridized carbons (Fsp3) is 0.350. The summed E-state index contributed by atoms with van der Waals surface area (Å²) in [4.78, 5) is 12.8. The second-order valence-corrected chi connectivity index (χ2v) is 7.43. The Kier molecular flexibility index (Phi) is 4.95. The first kappa shape index (κ1) is 17.1. The largest absolute Gasteiger partial charge is 0.497 e. The molecule has 5 nitrogen and oxygen atoms in total. The van der Waals surface area contributed by atoms with Crippen LogP contribution in [-0.4, -0.2) is 36.8 Å². The van der Waals surface area contributed by atoms with E-state index >= 15 is 0 Å². The molecule has 1 amide bonds. The minimum absolute atomic E-state index is 0.0493. The number of hydrogen-bond acceptors (Lipinski definition) is 4. The van der Waals surface area contributed by atoms with E-state index in [1.54, 1.807) is 18.4 Å². The number of fused-ring (bicyclic) bond motifs is 1. The summed E-state index contributed by atoms with van der Waals surface area (Å²) in [5.41, 5.74) is 2.87. The molecule has 0 radical (unpaired) electrons. The second-order valence-electron chi connectivity index (χ2n) is 6.48. The van der Waals surface area contributed by atoms with Crippen LogP contribution in [0.1, 0.15) is 28.9 Å². The Labute approximate surface area is 156 Å². The van der Waals surface area contributed by atoms with E-state index in [4.69, 9.17) is 9.47 Å². The number of aromatic nitrogens is 1. The standard InChI is InChI=1S/C20H22N2O3S/c1-24-15-5-2-4-14(10-15)13-22-17-7-9-26-19(17)11-18(22)20(23)21-12-16-6-3-8-25-16/h2,4-5,7,9-11,16H,3,6,8,12-13H2,1H3,(H,21,23)/t16-/m1/s1. The Morgan fingerprint density at radius 3 is 3.12 bits per heavy atom. The zero-order valence-electron chi connectivity index (χ0n) is 14.7. The first-order valence-electron chi connectivity index (χ1n) is 8.84. The molecule has 0 aliphatic carbocycles. The lowest BCUT2D eigenvalue weighted by molar-refractivity contribution is 0.0851. The Hall–Kier alpha value is -2.31. The molecule has 3 heterocycles. The van der Waals surface area contributed by atoms with Crippen molar-refractivity contribution in [1.82, 2.24) is 9.88 Å². The molecule has 1 N–H and O–H groups in total. The van der Waals surface area contributed by atoms with Crippen LogP contribution in [-0.2, 0) is 11.3 Å². The van der Waals surface area contributed by atoms with Crippen molar-refractivity contribution in [2.45, 2.75) is 25.5 Å². The highest BCUT2D eigenvalue weighted by Crippen LogP contribution is 2.27. The Bertz CT molecular complexity index is 909. The number of amides is 1. The van der Waals surface area contributed by atoms with E-state index in [0.29, 0.717) is 18.8 Å².